The van der Waals surface area contributed by atoms with Crippen LogP contribution < -0.4 is 0 Å². The van der Waals surface area contributed by atoms with Crippen molar-refractivity contribution in [1.82, 2.24) is 0 Å². The van der Waals surface area contributed by atoms with E-state index in [-0.39, 0.29) is 19.4 Å². The third kappa shape index (κ3) is 38.5. The monoisotopic (exact) mass is 736 g/mol. The first-order valence-electron chi connectivity index (χ1n) is 19.3. The van der Waals surface area contributed by atoms with E-state index in [1.54, 1.807) is 12.2 Å². The lowest BCUT2D eigenvalue weighted by molar-refractivity contribution is -0.161. The highest BCUT2D eigenvalue weighted by molar-refractivity contribution is 7.46. The van der Waals surface area contributed by atoms with Crippen LogP contribution in [0.2, 0.25) is 0 Å². The third-order valence-electron chi connectivity index (χ3n) is 7.81. The third-order valence-corrected chi connectivity index (χ3v) is 8.30. The predicted molar refractivity (Wildman–Crippen MR) is 208 cm³/mol. The van der Waals surface area contributed by atoms with Gasteiger partial charge in [0.2, 0.25) is 0 Å². The van der Waals surface area contributed by atoms with Crippen LogP contribution in [0.15, 0.2) is 72.9 Å². The minimum atomic E-state index is -4.81. The lowest BCUT2D eigenvalue weighted by Crippen LogP contribution is -2.29. The Morgan fingerprint density at radius 2 is 1.18 bits per heavy atom. The fraction of sp³-hybridized carbons (Fsp3) is 0.659. The molecule has 0 radical (unpaired) electrons. The van der Waals surface area contributed by atoms with Crippen LogP contribution in [0.1, 0.15) is 149 Å². The van der Waals surface area contributed by atoms with E-state index in [4.69, 9.17) is 19.3 Å². The molecule has 292 valence electrons. The molecule has 0 aromatic rings. The quantitative estimate of drug-likeness (QED) is 0.0194. The van der Waals surface area contributed by atoms with Gasteiger partial charge in [0.1, 0.15) is 6.61 Å². The highest BCUT2D eigenvalue weighted by atomic mass is 31.2. The van der Waals surface area contributed by atoms with Crippen LogP contribution in [0.3, 0.4) is 0 Å². The zero-order valence-corrected chi connectivity index (χ0v) is 32.5. The van der Waals surface area contributed by atoms with Gasteiger partial charge in [-0.25, -0.2) is 4.57 Å². The Bertz CT molecular complexity index is 1070. The highest BCUT2D eigenvalue weighted by Gasteiger charge is 2.23. The van der Waals surface area contributed by atoms with E-state index < -0.39 is 38.6 Å². The van der Waals surface area contributed by atoms with Gasteiger partial charge in [-0.05, 0) is 70.6 Å². The summed E-state index contributed by atoms with van der Waals surface area (Å²) in [4.78, 5) is 42.7. The van der Waals surface area contributed by atoms with Crippen LogP contribution in [0.5, 0.6) is 0 Å². The predicted octanol–water partition coefficient (Wildman–Crippen LogP) is 10.5. The molecule has 10 heteroatoms. The Balaban J connectivity index is 4.20. The molecule has 9 nitrogen and oxygen atoms in total. The highest BCUT2D eigenvalue weighted by Crippen LogP contribution is 2.36. The van der Waals surface area contributed by atoms with Crippen LogP contribution in [0, 0.1) is 0 Å². The van der Waals surface area contributed by atoms with Crippen molar-refractivity contribution >= 4 is 19.8 Å². The van der Waals surface area contributed by atoms with E-state index in [0.29, 0.717) is 19.3 Å². The average molecular weight is 737 g/mol. The molecule has 2 atom stereocenters. The van der Waals surface area contributed by atoms with Gasteiger partial charge in [-0.2, -0.15) is 0 Å². The Morgan fingerprint density at radius 1 is 0.627 bits per heavy atom. The van der Waals surface area contributed by atoms with E-state index in [2.05, 4.69) is 67.0 Å². The molecule has 0 aromatic carbocycles. The molecule has 0 heterocycles. The van der Waals surface area contributed by atoms with Gasteiger partial charge in [-0.1, -0.05) is 138 Å². The number of esters is 2. The van der Waals surface area contributed by atoms with Crippen molar-refractivity contribution in [3.63, 3.8) is 0 Å². The van der Waals surface area contributed by atoms with Crippen molar-refractivity contribution in [2.75, 3.05) is 13.2 Å². The number of carbonyl (C=O) groups is 2. The fourth-order valence-corrected chi connectivity index (χ4v) is 5.28. The summed E-state index contributed by atoms with van der Waals surface area (Å²) in [5, 5.41) is 10.2. The maximum atomic E-state index is 12.4. The summed E-state index contributed by atoms with van der Waals surface area (Å²) >= 11 is 0. The number of rotatable bonds is 34. The summed E-state index contributed by atoms with van der Waals surface area (Å²) in [5.74, 6) is -1.11. The summed E-state index contributed by atoms with van der Waals surface area (Å²) in [6.07, 6.45) is 42.2. The molecule has 0 saturated carbocycles. The number of aliphatic hydroxyl groups is 1. The summed E-state index contributed by atoms with van der Waals surface area (Å²) < 4.78 is 26.2. The molecule has 0 aliphatic carbocycles. The number of hydrogen-bond donors (Lipinski definition) is 3. The van der Waals surface area contributed by atoms with Crippen molar-refractivity contribution in [1.29, 1.82) is 0 Å². The topological polar surface area (TPSA) is 140 Å². The van der Waals surface area contributed by atoms with Crippen LogP contribution in [-0.2, 0) is 28.2 Å². The molecule has 0 bridgehead atoms. The van der Waals surface area contributed by atoms with Crippen molar-refractivity contribution in [2.45, 2.75) is 161 Å². The molecule has 0 amide bonds. The smallest absolute Gasteiger partial charge is 0.462 e. The SMILES string of the molecule is CC/C=C\C/C=C\C/C=C\CCCCCCCC(=O)OC[C@H](COP(=O)(O)O)OC(=O)CCCC(O)/C=C/C=C/C/C=C/CCCCCCCC. The van der Waals surface area contributed by atoms with Gasteiger partial charge in [0.25, 0.3) is 0 Å². The zero-order chi connectivity index (χ0) is 37.7. The normalized spacial score (nSPS) is 13.9. The molecule has 0 saturated heterocycles. The average Bonchev–Trinajstić information content (AvgIpc) is 3.09. The van der Waals surface area contributed by atoms with E-state index in [1.807, 2.05) is 12.2 Å². The minimum Gasteiger partial charge on any atom is -0.462 e. The second-order valence-electron chi connectivity index (χ2n) is 12.7. The molecule has 0 spiro atoms. The van der Waals surface area contributed by atoms with Gasteiger partial charge >= 0.3 is 19.8 Å². The van der Waals surface area contributed by atoms with Crippen LogP contribution >= 0.6 is 7.82 Å². The van der Waals surface area contributed by atoms with E-state index in [1.165, 1.54) is 38.5 Å². The van der Waals surface area contributed by atoms with Gasteiger partial charge in [0.15, 0.2) is 6.10 Å². The molecular weight excluding hydrogens is 667 g/mol. The Hall–Kier alpha value is -2.55. The largest absolute Gasteiger partial charge is 0.469 e. The van der Waals surface area contributed by atoms with E-state index in [0.717, 1.165) is 64.2 Å². The van der Waals surface area contributed by atoms with Crippen molar-refractivity contribution in [3.8, 4) is 0 Å². The van der Waals surface area contributed by atoms with E-state index in [9.17, 15) is 19.3 Å². The number of allylic oxidation sites excluding steroid dienone is 11. The Labute approximate surface area is 309 Å². The zero-order valence-electron chi connectivity index (χ0n) is 31.6. The van der Waals surface area contributed by atoms with E-state index >= 15 is 0 Å². The van der Waals surface area contributed by atoms with Gasteiger partial charge in [-0.3, -0.25) is 14.1 Å². The molecule has 0 aliphatic rings. The molecule has 1 unspecified atom stereocenters. The minimum absolute atomic E-state index is 0.0196. The van der Waals surface area contributed by atoms with Crippen molar-refractivity contribution in [2.24, 2.45) is 0 Å². The number of unbranched alkanes of at least 4 members (excludes halogenated alkanes) is 11. The molecule has 0 aromatic heterocycles. The van der Waals surface area contributed by atoms with Crippen molar-refractivity contribution < 1.29 is 43.0 Å². The number of hydrogen-bond acceptors (Lipinski definition) is 7. The fourth-order valence-electron chi connectivity index (χ4n) is 4.92. The maximum absolute atomic E-state index is 12.4. The maximum Gasteiger partial charge on any atom is 0.469 e. The molecule has 0 fully saturated rings. The lowest BCUT2D eigenvalue weighted by Gasteiger charge is -2.18. The first kappa shape index (κ1) is 48.5. The lowest BCUT2D eigenvalue weighted by atomic mass is 10.1. The number of phosphoric ester groups is 1. The van der Waals surface area contributed by atoms with Gasteiger partial charge in [-0.15, -0.1) is 0 Å². The number of aliphatic hydroxyl groups excluding tert-OH is 1. The molecule has 0 aliphatic heterocycles. The summed E-state index contributed by atoms with van der Waals surface area (Å²) in [6, 6.07) is 0. The number of carbonyl (C=O) groups excluding carboxylic acids is 2. The van der Waals surface area contributed by atoms with Crippen molar-refractivity contribution in [3.05, 3.63) is 72.9 Å². The Morgan fingerprint density at radius 3 is 1.80 bits per heavy atom. The summed E-state index contributed by atoms with van der Waals surface area (Å²) in [6.45, 7) is 3.37. The standard InChI is InChI=1S/C41H69O9P/c1-3-5-7-9-11-13-15-17-18-20-22-24-26-28-30-34-40(43)48-36-39(37-49-51(45,46)47)50-41(44)35-31-33-38(42)32-29-27-25-23-21-19-16-14-12-10-8-6-4-2/h5,7,11,13,17-19,21,25,27,29,32,38-39,42H,3-4,6,8-10,12,14-16,20,22-24,26,28,30-31,33-37H2,1-2H3,(H2,45,46,47)/b7-5-,13-11-,18-17-,21-19+,27-25+,32-29+/t38?,39-/m1/s1. The summed E-state index contributed by atoms with van der Waals surface area (Å²) in [7, 11) is -4.81. The first-order chi connectivity index (χ1) is 24.7. The second-order valence-corrected chi connectivity index (χ2v) is 14.0. The molecule has 0 rings (SSSR count). The summed E-state index contributed by atoms with van der Waals surface area (Å²) in [5.41, 5.74) is 0. The first-order valence-corrected chi connectivity index (χ1v) is 20.9. The van der Waals surface area contributed by atoms with Crippen LogP contribution in [0.4, 0.5) is 0 Å². The van der Waals surface area contributed by atoms with Crippen LogP contribution in [-0.4, -0.2) is 52.3 Å². The second kappa shape index (κ2) is 35.8. The van der Waals surface area contributed by atoms with Gasteiger partial charge < -0.3 is 24.4 Å². The Kier molecular flexibility index (Phi) is 34.0. The van der Waals surface area contributed by atoms with Gasteiger partial charge in [0, 0.05) is 12.8 Å². The molecule has 3 N–H and O–H groups in total. The van der Waals surface area contributed by atoms with Crippen LogP contribution in [0.25, 0.3) is 0 Å². The molecular formula is C41H69O9P. The van der Waals surface area contributed by atoms with Gasteiger partial charge in [0.05, 0.1) is 12.7 Å². The number of ether oxygens (including phenoxy) is 2. The molecule has 51 heavy (non-hydrogen) atoms. The number of phosphoric acid groups is 1.